The van der Waals surface area contributed by atoms with Gasteiger partial charge in [0.1, 0.15) is 0 Å². The van der Waals surface area contributed by atoms with Crippen molar-refractivity contribution in [3.63, 3.8) is 0 Å². The third-order valence-electron chi connectivity index (χ3n) is 8.62. The molecule has 0 heterocycles. The Morgan fingerprint density at radius 1 is 1.17 bits per heavy atom. The van der Waals surface area contributed by atoms with Gasteiger partial charge >= 0.3 is 0 Å². The molecule has 0 spiro atoms. The van der Waals surface area contributed by atoms with Crippen LogP contribution in [-0.2, 0) is 0 Å². The topological polar surface area (TPSA) is 60.7 Å². The van der Waals surface area contributed by atoms with Crippen LogP contribution in [0.5, 0.6) is 0 Å². The van der Waals surface area contributed by atoms with Crippen molar-refractivity contribution in [2.24, 2.45) is 23.2 Å². The Kier molecular flexibility index (Phi) is 7.37. The Balaban J connectivity index is 1.69. The molecule has 3 fully saturated rings. The molecule has 0 radical (unpaired) electrons. The van der Waals surface area contributed by atoms with Gasteiger partial charge in [-0.05, 0) is 107 Å². The summed E-state index contributed by atoms with van der Waals surface area (Å²) in [6, 6.07) is 0. The maximum absolute atomic E-state index is 10.3. The molecule has 0 aromatic rings. The first kappa shape index (κ1) is 23.8. The molecule has 3 aliphatic rings. The molecule has 0 saturated heterocycles. The van der Waals surface area contributed by atoms with E-state index in [4.69, 9.17) is 0 Å². The van der Waals surface area contributed by atoms with Gasteiger partial charge in [-0.1, -0.05) is 43.7 Å². The molecule has 3 nitrogen and oxygen atoms in total. The van der Waals surface area contributed by atoms with E-state index in [1.807, 2.05) is 0 Å². The smallest absolute Gasteiger partial charge is 0.0849 e. The fourth-order valence-electron chi connectivity index (χ4n) is 6.58. The van der Waals surface area contributed by atoms with Crippen molar-refractivity contribution >= 4 is 0 Å². The van der Waals surface area contributed by atoms with E-state index in [1.165, 1.54) is 43.3 Å². The van der Waals surface area contributed by atoms with Gasteiger partial charge < -0.3 is 15.3 Å². The van der Waals surface area contributed by atoms with Gasteiger partial charge in [0.15, 0.2) is 0 Å². The first-order chi connectivity index (χ1) is 14.0. The highest BCUT2D eigenvalue weighted by molar-refractivity contribution is 5.36. The number of aliphatic hydroxyl groups excluding tert-OH is 2. The monoisotopic (exact) mass is 416 g/mol. The number of rotatable bonds is 6. The first-order valence-electron chi connectivity index (χ1n) is 12.2. The van der Waals surface area contributed by atoms with Crippen LogP contribution in [0.2, 0.25) is 0 Å². The highest BCUT2D eigenvalue weighted by Crippen LogP contribution is 2.60. The van der Waals surface area contributed by atoms with Crippen LogP contribution in [-0.4, -0.2) is 33.1 Å². The largest absolute Gasteiger partial charge is 0.393 e. The number of allylic oxidation sites excluding steroid dienone is 4. The zero-order valence-electron chi connectivity index (χ0n) is 19.7. The molecule has 0 amide bonds. The van der Waals surface area contributed by atoms with Gasteiger partial charge in [-0.3, -0.25) is 0 Å². The molecule has 0 aliphatic heterocycles. The average molecular weight is 417 g/mol. The van der Waals surface area contributed by atoms with Gasteiger partial charge in [0.05, 0.1) is 17.8 Å². The van der Waals surface area contributed by atoms with Crippen molar-refractivity contribution in [1.29, 1.82) is 0 Å². The standard InChI is InChI=1S/C27H44O3/c1-18-8-12-22(28)17-21(18)11-10-20-7-6-16-27(5)23(13-14-24(20)27)19(2)9-15-25(29)26(3,4)30/h10-11,19,22-25,28-30H,1,6-9,12-17H2,2-5H3/b20-10-,21-11-. The van der Waals surface area contributed by atoms with Crippen molar-refractivity contribution in [3.05, 3.63) is 35.5 Å². The Hall–Kier alpha value is -0.900. The van der Waals surface area contributed by atoms with Crippen LogP contribution in [0.25, 0.3) is 0 Å². The lowest BCUT2D eigenvalue weighted by atomic mass is 9.60. The minimum absolute atomic E-state index is 0.215. The van der Waals surface area contributed by atoms with E-state index in [0.717, 1.165) is 25.7 Å². The van der Waals surface area contributed by atoms with E-state index in [2.05, 4.69) is 32.6 Å². The molecule has 170 valence electrons. The molecule has 3 aliphatic carbocycles. The van der Waals surface area contributed by atoms with Crippen molar-refractivity contribution < 1.29 is 15.3 Å². The van der Waals surface area contributed by atoms with E-state index in [9.17, 15) is 15.3 Å². The Bertz CT molecular complexity index is 683. The van der Waals surface area contributed by atoms with Gasteiger partial charge in [-0.25, -0.2) is 0 Å². The van der Waals surface area contributed by atoms with E-state index in [0.29, 0.717) is 29.6 Å². The number of fused-ring (bicyclic) bond motifs is 1. The fraction of sp³-hybridized carbons (Fsp3) is 0.778. The minimum atomic E-state index is -1.02. The molecule has 0 aromatic carbocycles. The Morgan fingerprint density at radius 2 is 1.90 bits per heavy atom. The SMILES string of the molecule is C=C1CCC(O)C/C1=C/C=C1/CCCC2(C)C1CCC2C(C)CCC(O)C(C)(C)O. The van der Waals surface area contributed by atoms with Crippen molar-refractivity contribution in [3.8, 4) is 0 Å². The van der Waals surface area contributed by atoms with Crippen molar-refractivity contribution in [2.75, 3.05) is 0 Å². The highest BCUT2D eigenvalue weighted by atomic mass is 16.3. The molecule has 3 rings (SSSR count). The van der Waals surface area contributed by atoms with E-state index < -0.39 is 11.7 Å². The molecule has 6 unspecified atom stereocenters. The van der Waals surface area contributed by atoms with Crippen molar-refractivity contribution in [2.45, 2.75) is 110 Å². The second kappa shape index (κ2) is 9.30. The zero-order valence-corrected chi connectivity index (χ0v) is 19.7. The van der Waals surface area contributed by atoms with Crippen LogP contribution >= 0.6 is 0 Å². The van der Waals surface area contributed by atoms with E-state index in [1.54, 1.807) is 19.4 Å². The molecular formula is C27H44O3. The Morgan fingerprint density at radius 3 is 2.60 bits per heavy atom. The summed E-state index contributed by atoms with van der Waals surface area (Å²) < 4.78 is 0. The summed E-state index contributed by atoms with van der Waals surface area (Å²) in [5, 5.41) is 30.3. The van der Waals surface area contributed by atoms with Crippen LogP contribution in [0.4, 0.5) is 0 Å². The summed E-state index contributed by atoms with van der Waals surface area (Å²) in [6.07, 6.45) is 14.1. The maximum atomic E-state index is 10.3. The molecule has 3 saturated carbocycles. The van der Waals surface area contributed by atoms with Crippen LogP contribution in [0.15, 0.2) is 35.5 Å². The maximum Gasteiger partial charge on any atom is 0.0849 e. The average Bonchev–Trinajstić information content (AvgIpc) is 3.03. The van der Waals surface area contributed by atoms with E-state index in [-0.39, 0.29) is 6.10 Å². The third-order valence-corrected chi connectivity index (χ3v) is 8.62. The summed E-state index contributed by atoms with van der Waals surface area (Å²) in [4.78, 5) is 0. The van der Waals surface area contributed by atoms with Gasteiger partial charge in [0.25, 0.3) is 0 Å². The molecule has 6 atom stereocenters. The number of hydrogen-bond donors (Lipinski definition) is 3. The molecule has 30 heavy (non-hydrogen) atoms. The highest BCUT2D eigenvalue weighted by Gasteiger charge is 2.50. The zero-order chi connectivity index (χ0) is 22.1. The lowest BCUT2D eigenvalue weighted by Crippen LogP contribution is -2.38. The fourth-order valence-corrected chi connectivity index (χ4v) is 6.58. The van der Waals surface area contributed by atoms with Crippen molar-refractivity contribution in [1.82, 2.24) is 0 Å². The summed E-state index contributed by atoms with van der Waals surface area (Å²) in [7, 11) is 0. The normalized spacial score (nSPS) is 37.4. The van der Waals surface area contributed by atoms with Crippen LogP contribution in [0, 0.1) is 23.2 Å². The van der Waals surface area contributed by atoms with Gasteiger partial charge in [-0.15, -0.1) is 0 Å². The molecule has 0 aromatic heterocycles. The molecule has 3 heteroatoms. The van der Waals surface area contributed by atoms with Gasteiger partial charge in [0.2, 0.25) is 0 Å². The summed E-state index contributed by atoms with van der Waals surface area (Å²) in [5.41, 5.74) is 3.34. The third kappa shape index (κ3) is 5.11. The summed E-state index contributed by atoms with van der Waals surface area (Å²) in [5.74, 6) is 1.89. The summed E-state index contributed by atoms with van der Waals surface area (Å²) >= 11 is 0. The number of hydrogen-bond acceptors (Lipinski definition) is 3. The summed E-state index contributed by atoms with van der Waals surface area (Å²) in [6.45, 7) is 12.5. The minimum Gasteiger partial charge on any atom is -0.393 e. The second-order valence-electron chi connectivity index (χ2n) is 11.3. The molecule has 3 N–H and O–H groups in total. The lowest BCUT2D eigenvalue weighted by Gasteiger charge is -2.44. The van der Waals surface area contributed by atoms with Gasteiger partial charge in [-0.2, -0.15) is 0 Å². The first-order valence-corrected chi connectivity index (χ1v) is 12.2. The van der Waals surface area contributed by atoms with Crippen LogP contribution in [0.3, 0.4) is 0 Å². The predicted octanol–water partition coefficient (Wildman–Crippen LogP) is 5.70. The predicted molar refractivity (Wildman–Crippen MR) is 124 cm³/mol. The Labute approximate surface area is 184 Å². The lowest BCUT2D eigenvalue weighted by molar-refractivity contribution is -0.0554. The van der Waals surface area contributed by atoms with Crippen LogP contribution < -0.4 is 0 Å². The number of aliphatic hydroxyl groups is 3. The van der Waals surface area contributed by atoms with E-state index >= 15 is 0 Å². The quantitative estimate of drug-likeness (QED) is 0.520. The second-order valence-corrected chi connectivity index (χ2v) is 11.3. The van der Waals surface area contributed by atoms with Gasteiger partial charge in [0, 0.05) is 0 Å². The molecule has 0 bridgehead atoms. The van der Waals surface area contributed by atoms with Crippen LogP contribution in [0.1, 0.15) is 91.9 Å². The molecular weight excluding hydrogens is 372 g/mol.